The first kappa shape index (κ1) is 15.8. The maximum Gasteiger partial charge on any atom is 0.203 e. The van der Waals surface area contributed by atoms with Crippen molar-refractivity contribution in [2.24, 2.45) is 5.73 Å². The number of aryl methyl sites for hydroxylation is 1. The molecule has 25 heavy (non-hydrogen) atoms. The van der Waals surface area contributed by atoms with Crippen molar-refractivity contribution in [1.29, 1.82) is 0 Å². The number of fused-ring (bicyclic) bond motifs is 2. The second-order valence-electron chi connectivity index (χ2n) is 6.64. The van der Waals surface area contributed by atoms with Crippen molar-refractivity contribution in [2.75, 3.05) is 4.90 Å². The zero-order valence-electron chi connectivity index (χ0n) is 14.2. The van der Waals surface area contributed by atoms with E-state index in [4.69, 9.17) is 10.2 Å². The van der Waals surface area contributed by atoms with Gasteiger partial charge in [-0.25, -0.2) is 4.39 Å². The molecule has 1 aliphatic rings. The third-order valence-electron chi connectivity index (χ3n) is 4.81. The third kappa shape index (κ3) is 2.51. The van der Waals surface area contributed by atoms with Crippen LogP contribution < -0.4 is 16.1 Å². The van der Waals surface area contributed by atoms with Crippen LogP contribution in [0.25, 0.3) is 11.0 Å². The molecule has 0 amide bonds. The summed E-state index contributed by atoms with van der Waals surface area (Å²) in [6.45, 7) is 5.12. The molecule has 2 N–H and O–H groups in total. The zero-order chi connectivity index (χ0) is 17.7. The average molecular weight is 338 g/mol. The monoisotopic (exact) mass is 338 g/mol. The van der Waals surface area contributed by atoms with Gasteiger partial charge in [0, 0.05) is 25.2 Å². The highest BCUT2D eigenvalue weighted by molar-refractivity contribution is 5.83. The highest BCUT2D eigenvalue weighted by Gasteiger charge is 2.25. The molecule has 0 bridgehead atoms. The quantitative estimate of drug-likeness (QED) is 0.776. The molecule has 2 heterocycles. The van der Waals surface area contributed by atoms with Crippen molar-refractivity contribution >= 4 is 16.9 Å². The first-order valence-electron chi connectivity index (χ1n) is 8.27. The molecule has 0 spiro atoms. The normalized spacial score (nSPS) is 13.5. The minimum atomic E-state index is -0.252. The molecule has 1 aromatic heterocycles. The van der Waals surface area contributed by atoms with Gasteiger partial charge in [0.05, 0.1) is 10.9 Å². The summed E-state index contributed by atoms with van der Waals surface area (Å²) in [5.41, 5.74) is 10.7. The highest BCUT2D eigenvalue weighted by atomic mass is 19.1. The van der Waals surface area contributed by atoms with E-state index < -0.39 is 0 Å². The number of benzene rings is 2. The molecule has 0 aliphatic carbocycles. The molecule has 5 heteroatoms. The van der Waals surface area contributed by atoms with E-state index in [2.05, 4.69) is 0 Å². The summed E-state index contributed by atoms with van der Waals surface area (Å²) in [7, 11) is 0. The SMILES string of the molecule is Cc1cc(CN)c2oc(N3Cc4ccc(F)cc4C3)c(C)c(=O)c2c1. The van der Waals surface area contributed by atoms with E-state index in [0.29, 0.717) is 42.1 Å². The van der Waals surface area contributed by atoms with Gasteiger partial charge in [-0.3, -0.25) is 4.79 Å². The van der Waals surface area contributed by atoms with E-state index in [9.17, 15) is 9.18 Å². The number of hydrogen-bond donors (Lipinski definition) is 1. The van der Waals surface area contributed by atoms with Crippen LogP contribution in [0.1, 0.15) is 27.8 Å². The van der Waals surface area contributed by atoms with E-state index in [1.54, 1.807) is 19.1 Å². The van der Waals surface area contributed by atoms with Crippen LogP contribution in [0.5, 0.6) is 0 Å². The van der Waals surface area contributed by atoms with Gasteiger partial charge < -0.3 is 15.1 Å². The van der Waals surface area contributed by atoms with E-state index in [-0.39, 0.29) is 11.2 Å². The van der Waals surface area contributed by atoms with Gasteiger partial charge in [-0.1, -0.05) is 12.1 Å². The molecule has 1 aliphatic heterocycles. The molecule has 0 fully saturated rings. The fourth-order valence-corrected chi connectivity index (χ4v) is 3.57. The first-order chi connectivity index (χ1) is 12.0. The molecule has 0 saturated heterocycles. The lowest BCUT2D eigenvalue weighted by Gasteiger charge is -2.19. The fraction of sp³-hybridized carbons (Fsp3) is 0.250. The maximum absolute atomic E-state index is 13.5. The van der Waals surface area contributed by atoms with Gasteiger partial charge >= 0.3 is 0 Å². The summed E-state index contributed by atoms with van der Waals surface area (Å²) in [5.74, 6) is 0.283. The molecule has 3 aromatic rings. The Labute approximate surface area is 144 Å². The van der Waals surface area contributed by atoms with E-state index in [1.165, 1.54) is 6.07 Å². The van der Waals surface area contributed by atoms with Gasteiger partial charge in [0.25, 0.3) is 0 Å². The lowest BCUT2D eigenvalue weighted by Crippen LogP contribution is -2.20. The summed E-state index contributed by atoms with van der Waals surface area (Å²) in [6, 6.07) is 8.57. The summed E-state index contributed by atoms with van der Waals surface area (Å²) in [6.07, 6.45) is 0. The number of rotatable bonds is 2. The Balaban J connectivity index is 1.88. The van der Waals surface area contributed by atoms with Crippen molar-refractivity contribution in [1.82, 2.24) is 0 Å². The fourth-order valence-electron chi connectivity index (χ4n) is 3.57. The number of anilines is 1. The lowest BCUT2D eigenvalue weighted by atomic mass is 10.1. The predicted molar refractivity (Wildman–Crippen MR) is 96.1 cm³/mol. The lowest BCUT2D eigenvalue weighted by molar-refractivity contribution is 0.567. The highest BCUT2D eigenvalue weighted by Crippen LogP contribution is 2.32. The average Bonchev–Trinajstić information content (AvgIpc) is 3.00. The van der Waals surface area contributed by atoms with Gasteiger partial charge in [0.15, 0.2) is 5.43 Å². The Bertz CT molecular complexity index is 1060. The largest absolute Gasteiger partial charge is 0.440 e. The number of halogens is 1. The standard InChI is InChI=1S/C20H19FN2O2/c1-11-5-14(8-22)19-17(6-11)18(24)12(2)20(25-19)23-9-13-3-4-16(21)7-15(13)10-23/h3-7H,8-10,22H2,1-2H3. The Morgan fingerprint density at radius 2 is 1.92 bits per heavy atom. The Kier molecular flexibility index (Phi) is 3.62. The van der Waals surface area contributed by atoms with Crippen LogP contribution in [0, 0.1) is 19.7 Å². The van der Waals surface area contributed by atoms with Crippen LogP contribution in [0.4, 0.5) is 10.3 Å². The van der Waals surface area contributed by atoms with Crippen LogP contribution >= 0.6 is 0 Å². The second kappa shape index (κ2) is 5.70. The summed E-state index contributed by atoms with van der Waals surface area (Å²) >= 11 is 0. The first-order valence-corrected chi connectivity index (χ1v) is 8.27. The van der Waals surface area contributed by atoms with E-state index in [1.807, 2.05) is 24.0 Å². The molecule has 2 aromatic carbocycles. The molecule has 0 unspecified atom stereocenters. The van der Waals surface area contributed by atoms with Crippen LogP contribution in [0.3, 0.4) is 0 Å². The van der Waals surface area contributed by atoms with Crippen molar-refractivity contribution in [3.63, 3.8) is 0 Å². The van der Waals surface area contributed by atoms with Crippen molar-refractivity contribution in [2.45, 2.75) is 33.5 Å². The van der Waals surface area contributed by atoms with Crippen LogP contribution in [0.15, 0.2) is 39.5 Å². The minimum absolute atomic E-state index is 0.0446. The van der Waals surface area contributed by atoms with Gasteiger partial charge in [0.1, 0.15) is 11.4 Å². The Hall–Kier alpha value is -2.66. The molecule has 0 radical (unpaired) electrons. The Morgan fingerprint density at radius 1 is 1.16 bits per heavy atom. The van der Waals surface area contributed by atoms with Gasteiger partial charge in [0.2, 0.25) is 5.88 Å². The molecule has 0 atom stereocenters. The molecule has 128 valence electrons. The Morgan fingerprint density at radius 3 is 2.68 bits per heavy atom. The van der Waals surface area contributed by atoms with Crippen molar-refractivity contribution in [3.05, 3.63) is 74.2 Å². The van der Waals surface area contributed by atoms with Gasteiger partial charge in [-0.05, 0) is 48.7 Å². The summed E-state index contributed by atoms with van der Waals surface area (Å²) < 4.78 is 19.6. The van der Waals surface area contributed by atoms with Crippen LogP contribution in [-0.2, 0) is 19.6 Å². The van der Waals surface area contributed by atoms with Gasteiger partial charge in [-0.2, -0.15) is 0 Å². The molecule has 4 nitrogen and oxygen atoms in total. The predicted octanol–water partition coefficient (Wildman–Crippen LogP) is 3.53. The minimum Gasteiger partial charge on any atom is -0.440 e. The summed E-state index contributed by atoms with van der Waals surface area (Å²) in [5, 5.41) is 0.560. The van der Waals surface area contributed by atoms with E-state index >= 15 is 0 Å². The second-order valence-corrected chi connectivity index (χ2v) is 6.64. The number of nitrogens with two attached hydrogens (primary N) is 1. The van der Waals surface area contributed by atoms with Crippen LogP contribution in [0.2, 0.25) is 0 Å². The summed E-state index contributed by atoms with van der Waals surface area (Å²) in [4.78, 5) is 14.8. The third-order valence-corrected chi connectivity index (χ3v) is 4.81. The zero-order valence-corrected chi connectivity index (χ0v) is 14.2. The maximum atomic E-state index is 13.5. The molecular formula is C20H19FN2O2. The molecule has 4 rings (SSSR count). The van der Waals surface area contributed by atoms with Crippen molar-refractivity contribution < 1.29 is 8.81 Å². The van der Waals surface area contributed by atoms with Crippen LogP contribution in [-0.4, -0.2) is 0 Å². The topological polar surface area (TPSA) is 59.5 Å². The number of hydrogen-bond acceptors (Lipinski definition) is 4. The molecular weight excluding hydrogens is 319 g/mol. The smallest absolute Gasteiger partial charge is 0.203 e. The number of nitrogens with zero attached hydrogens (tertiary/aromatic N) is 1. The van der Waals surface area contributed by atoms with Gasteiger partial charge in [-0.15, -0.1) is 0 Å². The van der Waals surface area contributed by atoms with E-state index in [0.717, 1.165) is 22.3 Å². The van der Waals surface area contributed by atoms with Crippen molar-refractivity contribution in [3.8, 4) is 0 Å². The molecule has 0 saturated carbocycles.